The molecule has 6 heteroatoms. The zero-order valence-corrected chi connectivity index (χ0v) is 11.5. The lowest BCUT2D eigenvalue weighted by Gasteiger charge is -2.28. The molecule has 18 heavy (non-hydrogen) atoms. The Labute approximate surface area is 106 Å². The molecule has 0 aromatic heterocycles. The van der Waals surface area contributed by atoms with E-state index in [0.29, 0.717) is 12.1 Å². The van der Waals surface area contributed by atoms with Gasteiger partial charge in [-0.05, 0) is 11.6 Å². The Bertz CT molecular complexity index is 350. The molecule has 0 saturated carbocycles. The smallest absolute Gasteiger partial charge is 0.397 e. The summed E-state index contributed by atoms with van der Waals surface area (Å²) in [5.74, 6) is 0. The van der Waals surface area contributed by atoms with E-state index in [-0.39, 0.29) is 0 Å². The molecule has 0 aliphatic carbocycles. The van der Waals surface area contributed by atoms with E-state index in [9.17, 15) is 13.2 Å². The van der Waals surface area contributed by atoms with Crippen LogP contribution in [0.1, 0.15) is 12.5 Å². The van der Waals surface area contributed by atoms with Crippen molar-refractivity contribution >= 4 is 8.56 Å². The molecule has 0 fully saturated rings. The van der Waals surface area contributed by atoms with Crippen molar-refractivity contribution in [2.24, 2.45) is 0 Å². The van der Waals surface area contributed by atoms with Crippen LogP contribution in [0.5, 0.6) is 0 Å². The number of rotatable bonds is 6. The van der Waals surface area contributed by atoms with Gasteiger partial charge in [0, 0.05) is 13.2 Å². The van der Waals surface area contributed by atoms with Crippen molar-refractivity contribution in [1.29, 1.82) is 0 Å². The zero-order valence-electron chi connectivity index (χ0n) is 10.5. The van der Waals surface area contributed by atoms with Gasteiger partial charge in [0.15, 0.2) is 0 Å². The van der Waals surface area contributed by atoms with Crippen LogP contribution in [0.4, 0.5) is 13.2 Å². The molecule has 102 valence electrons. The van der Waals surface area contributed by atoms with Crippen LogP contribution in [-0.4, -0.2) is 28.5 Å². The second-order valence-corrected chi connectivity index (χ2v) is 7.61. The Balaban J connectivity index is 2.74. The highest BCUT2D eigenvalue weighted by Crippen LogP contribution is 2.23. The van der Waals surface area contributed by atoms with Gasteiger partial charge in [-0.2, -0.15) is 13.2 Å². The lowest BCUT2D eigenvalue weighted by molar-refractivity contribution is -0.158. The third-order valence-electron chi connectivity index (χ3n) is 2.73. The maximum absolute atomic E-state index is 12.2. The van der Waals surface area contributed by atoms with Gasteiger partial charge in [0.1, 0.15) is 6.61 Å². The van der Waals surface area contributed by atoms with Crippen LogP contribution in [0.15, 0.2) is 30.3 Å². The van der Waals surface area contributed by atoms with Gasteiger partial charge in [0.2, 0.25) is 0 Å². The third kappa shape index (κ3) is 4.79. The predicted octanol–water partition coefficient (Wildman–Crippen LogP) is 3.46. The summed E-state index contributed by atoms with van der Waals surface area (Å²) in [5.41, 5.74) is 0.940. The van der Waals surface area contributed by atoms with Crippen LogP contribution in [0.25, 0.3) is 0 Å². The van der Waals surface area contributed by atoms with E-state index in [1.807, 2.05) is 30.3 Å². The number of benzene rings is 1. The van der Waals surface area contributed by atoms with Crippen LogP contribution >= 0.6 is 0 Å². The minimum Gasteiger partial charge on any atom is -0.397 e. The van der Waals surface area contributed by atoms with Gasteiger partial charge >= 0.3 is 14.7 Å². The summed E-state index contributed by atoms with van der Waals surface area (Å²) >= 11 is 0. The first-order chi connectivity index (χ1) is 8.41. The van der Waals surface area contributed by atoms with Crippen LogP contribution in [0, 0.1) is 0 Å². The van der Waals surface area contributed by atoms with Crippen molar-refractivity contribution in [1.82, 2.24) is 0 Å². The van der Waals surface area contributed by atoms with E-state index in [1.54, 1.807) is 6.92 Å². The lowest BCUT2D eigenvalue weighted by atomic mass is 10.2. The normalized spacial score (nSPS) is 15.4. The molecule has 0 N–H and O–H groups in total. The van der Waals surface area contributed by atoms with Crippen molar-refractivity contribution in [3.63, 3.8) is 0 Å². The summed E-state index contributed by atoms with van der Waals surface area (Å²) in [6.07, 6.45) is -4.32. The molecule has 0 bridgehead atoms. The molecular formula is C12H17F3O2Si. The highest BCUT2D eigenvalue weighted by Gasteiger charge is 2.39. The summed E-state index contributed by atoms with van der Waals surface area (Å²) in [4.78, 5) is 0. The Morgan fingerprint density at radius 3 is 2.22 bits per heavy atom. The maximum atomic E-state index is 12.2. The molecular weight excluding hydrogens is 261 g/mol. The van der Waals surface area contributed by atoms with E-state index in [4.69, 9.17) is 8.85 Å². The second-order valence-electron chi connectivity index (χ2n) is 4.03. The van der Waals surface area contributed by atoms with Gasteiger partial charge in [-0.1, -0.05) is 37.3 Å². The van der Waals surface area contributed by atoms with Crippen molar-refractivity contribution in [3.05, 3.63) is 35.9 Å². The molecule has 0 amide bonds. The van der Waals surface area contributed by atoms with Gasteiger partial charge < -0.3 is 8.85 Å². The van der Waals surface area contributed by atoms with Crippen molar-refractivity contribution in [3.8, 4) is 0 Å². The maximum Gasteiger partial charge on any atom is 0.410 e. The van der Waals surface area contributed by atoms with Crippen LogP contribution in [-0.2, 0) is 14.9 Å². The van der Waals surface area contributed by atoms with Gasteiger partial charge in [-0.15, -0.1) is 0 Å². The van der Waals surface area contributed by atoms with Crippen molar-refractivity contribution in [2.45, 2.75) is 25.2 Å². The second kappa shape index (κ2) is 6.35. The summed E-state index contributed by atoms with van der Waals surface area (Å²) in [6.45, 7) is 0.558. The molecule has 0 spiro atoms. The molecule has 0 radical (unpaired) electrons. The fourth-order valence-corrected chi connectivity index (χ4v) is 4.07. The summed E-state index contributed by atoms with van der Waals surface area (Å²) < 4.78 is 47.1. The minimum atomic E-state index is -4.32. The molecule has 0 aliphatic heterocycles. The van der Waals surface area contributed by atoms with E-state index < -0.39 is 21.3 Å². The Morgan fingerprint density at radius 2 is 1.78 bits per heavy atom. The van der Waals surface area contributed by atoms with E-state index in [2.05, 4.69) is 0 Å². The highest BCUT2D eigenvalue weighted by atomic mass is 28.4. The fraction of sp³-hybridized carbons (Fsp3) is 0.500. The van der Waals surface area contributed by atoms with Gasteiger partial charge in [-0.25, -0.2) is 0 Å². The number of hydrogen-bond donors (Lipinski definition) is 0. The van der Waals surface area contributed by atoms with Crippen LogP contribution < -0.4 is 0 Å². The number of halogens is 3. The molecule has 2 nitrogen and oxygen atoms in total. The van der Waals surface area contributed by atoms with Crippen LogP contribution in [0.3, 0.4) is 0 Å². The summed E-state index contributed by atoms with van der Waals surface area (Å²) in [5, 5.41) is 0. The van der Waals surface area contributed by atoms with Crippen LogP contribution in [0.2, 0.25) is 6.04 Å². The number of alkyl halides is 3. The van der Waals surface area contributed by atoms with Gasteiger partial charge in [0.05, 0.1) is 0 Å². The standard InChI is InChI=1S/C12H17F3O2Si/c1-3-18(16-2,17-10-12(13,14)15)9-11-7-5-4-6-8-11/h4-8H,3,9-10H2,1-2H3. The average Bonchev–Trinajstić information content (AvgIpc) is 2.35. The van der Waals surface area contributed by atoms with E-state index in [1.165, 1.54) is 7.11 Å². The SMILES string of the molecule is CC[Si](Cc1ccccc1)(OC)OCC(F)(F)F. The third-order valence-corrected chi connectivity index (χ3v) is 6.16. The lowest BCUT2D eigenvalue weighted by Crippen LogP contribution is -2.45. The van der Waals surface area contributed by atoms with Gasteiger partial charge in [0.25, 0.3) is 0 Å². The van der Waals surface area contributed by atoms with Gasteiger partial charge in [-0.3, -0.25) is 0 Å². The zero-order chi connectivity index (χ0) is 13.6. The molecule has 1 aromatic carbocycles. The largest absolute Gasteiger partial charge is 0.410 e. The van der Waals surface area contributed by atoms with E-state index in [0.717, 1.165) is 5.56 Å². The monoisotopic (exact) mass is 278 g/mol. The molecule has 0 aliphatic rings. The number of hydrogen-bond acceptors (Lipinski definition) is 2. The topological polar surface area (TPSA) is 18.5 Å². The molecule has 1 unspecified atom stereocenters. The quantitative estimate of drug-likeness (QED) is 0.742. The fourth-order valence-electron chi connectivity index (χ4n) is 1.67. The molecule has 0 heterocycles. The molecule has 1 atom stereocenters. The Kier molecular flexibility index (Phi) is 5.37. The van der Waals surface area contributed by atoms with Crippen molar-refractivity contribution < 1.29 is 22.0 Å². The first-order valence-electron chi connectivity index (χ1n) is 5.70. The molecule has 1 rings (SSSR count). The predicted molar refractivity (Wildman–Crippen MR) is 65.4 cm³/mol. The first-order valence-corrected chi connectivity index (χ1v) is 7.93. The minimum absolute atomic E-state index is 0.428. The molecule has 1 aromatic rings. The first kappa shape index (κ1) is 15.2. The Morgan fingerprint density at radius 1 is 1.17 bits per heavy atom. The molecule has 0 saturated heterocycles. The summed E-state index contributed by atoms with van der Waals surface area (Å²) in [7, 11) is -1.39. The highest BCUT2D eigenvalue weighted by molar-refractivity contribution is 6.66. The van der Waals surface area contributed by atoms with Crippen molar-refractivity contribution in [2.75, 3.05) is 13.7 Å². The van der Waals surface area contributed by atoms with E-state index >= 15 is 0 Å². The average molecular weight is 278 g/mol. The summed E-state index contributed by atoms with van der Waals surface area (Å²) in [6, 6.07) is 10.2. The Hall–Kier alpha value is -0.853.